The lowest BCUT2D eigenvalue weighted by molar-refractivity contribution is 0.0709. The van der Waals surface area contributed by atoms with Crippen LogP contribution in [-0.4, -0.2) is 43.2 Å². The van der Waals surface area contributed by atoms with Crippen LogP contribution in [0.2, 0.25) is 0 Å². The van der Waals surface area contributed by atoms with E-state index in [0.29, 0.717) is 24.7 Å². The molecule has 3 heterocycles. The molecule has 0 atom stereocenters. The molecule has 2 aliphatic rings. The number of likely N-dealkylation sites (tertiary alicyclic amines) is 1. The minimum atomic E-state index is 0.000709. The highest BCUT2D eigenvalue weighted by molar-refractivity contribution is 5.93. The lowest BCUT2D eigenvalue weighted by atomic mass is 9.95. The summed E-state index contributed by atoms with van der Waals surface area (Å²) in [5.41, 5.74) is 0.632. The van der Waals surface area contributed by atoms with Crippen molar-refractivity contribution in [3.63, 3.8) is 0 Å². The van der Waals surface area contributed by atoms with Crippen molar-refractivity contribution in [2.24, 2.45) is 7.05 Å². The van der Waals surface area contributed by atoms with Crippen molar-refractivity contribution in [3.05, 3.63) is 46.4 Å². The molecule has 1 aliphatic carbocycles. The summed E-state index contributed by atoms with van der Waals surface area (Å²) in [7, 11) is 1.73. The molecule has 2 aromatic rings. The van der Waals surface area contributed by atoms with E-state index in [1.165, 1.54) is 17.5 Å². The predicted molar refractivity (Wildman–Crippen MR) is 97.1 cm³/mol. The Kier molecular flexibility index (Phi) is 4.61. The highest BCUT2D eigenvalue weighted by Gasteiger charge is 2.31. The van der Waals surface area contributed by atoms with Crippen molar-refractivity contribution in [2.45, 2.75) is 50.5 Å². The Hall–Kier alpha value is -2.44. The molecule has 0 bridgehead atoms. The number of nitrogens with zero attached hydrogens (tertiary/aromatic N) is 5. The van der Waals surface area contributed by atoms with Crippen LogP contribution in [-0.2, 0) is 7.05 Å². The average molecular weight is 355 g/mol. The summed E-state index contributed by atoms with van der Waals surface area (Å²) < 4.78 is 3.41. The lowest BCUT2D eigenvalue weighted by Gasteiger charge is -2.32. The summed E-state index contributed by atoms with van der Waals surface area (Å²) in [6.45, 7) is 1.38. The van der Waals surface area contributed by atoms with Crippen LogP contribution in [0.5, 0.6) is 0 Å². The Morgan fingerprint density at radius 2 is 1.88 bits per heavy atom. The van der Waals surface area contributed by atoms with Gasteiger partial charge in [-0.25, -0.2) is 9.48 Å². The molecule has 26 heavy (non-hydrogen) atoms. The molecule has 0 unspecified atom stereocenters. The van der Waals surface area contributed by atoms with Crippen molar-refractivity contribution < 1.29 is 4.79 Å². The highest BCUT2D eigenvalue weighted by Crippen LogP contribution is 2.33. The van der Waals surface area contributed by atoms with Gasteiger partial charge in [0.05, 0.1) is 5.56 Å². The number of piperidine rings is 1. The van der Waals surface area contributed by atoms with Gasteiger partial charge >= 0.3 is 5.69 Å². The van der Waals surface area contributed by atoms with Gasteiger partial charge in [0.25, 0.3) is 5.91 Å². The second-order valence-corrected chi connectivity index (χ2v) is 7.38. The van der Waals surface area contributed by atoms with Gasteiger partial charge in [0.1, 0.15) is 5.82 Å². The van der Waals surface area contributed by atoms with E-state index in [0.717, 1.165) is 31.5 Å². The molecule has 7 nitrogen and oxygen atoms in total. The van der Waals surface area contributed by atoms with Crippen molar-refractivity contribution >= 4 is 5.91 Å². The number of amides is 1. The van der Waals surface area contributed by atoms with Crippen LogP contribution in [0.3, 0.4) is 0 Å². The molecule has 0 aromatic carbocycles. The largest absolute Gasteiger partial charge is 0.345 e. The van der Waals surface area contributed by atoms with Gasteiger partial charge in [-0.05, 0) is 37.8 Å². The molecule has 2 aromatic heterocycles. The van der Waals surface area contributed by atoms with Crippen molar-refractivity contribution in [3.8, 4) is 0 Å². The first-order valence-corrected chi connectivity index (χ1v) is 9.50. The van der Waals surface area contributed by atoms with Gasteiger partial charge in [0.2, 0.25) is 0 Å². The molecule has 1 aliphatic heterocycles. The summed E-state index contributed by atoms with van der Waals surface area (Å²) in [5.74, 6) is 1.19. The number of carbonyl (C=O) groups excluding carboxylic acids is 1. The number of carbonyl (C=O) groups is 1. The molecular formula is C19H25N5O2. The molecule has 1 saturated carbocycles. The maximum Gasteiger partial charge on any atom is 0.345 e. The van der Waals surface area contributed by atoms with Gasteiger partial charge in [0.15, 0.2) is 0 Å². The molecule has 0 spiro atoms. The van der Waals surface area contributed by atoms with Gasteiger partial charge in [-0.1, -0.05) is 12.8 Å². The average Bonchev–Trinajstić information content (AvgIpc) is 3.31. The van der Waals surface area contributed by atoms with E-state index in [2.05, 4.69) is 10.1 Å². The number of rotatable bonds is 3. The third kappa shape index (κ3) is 3.06. The molecular weight excluding hydrogens is 330 g/mol. The van der Waals surface area contributed by atoms with E-state index in [4.69, 9.17) is 0 Å². The van der Waals surface area contributed by atoms with E-state index >= 15 is 0 Å². The number of hydrogen-bond donors (Lipinski definition) is 0. The molecule has 1 saturated heterocycles. The van der Waals surface area contributed by atoms with Crippen LogP contribution in [0, 0.1) is 0 Å². The number of pyridine rings is 1. The summed E-state index contributed by atoms with van der Waals surface area (Å²) in [5, 5.41) is 4.56. The molecule has 138 valence electrons. The zero-order chi connectivity index (χ0) is 18.1. The normalized spacial score (nSPS) is 19.2. The van der Waals surface area contributed by atoms with Crippen LogP contribution in [0.25, 0.3) is 0 Å². The second-order valence-electron chi connectivity index (χ2n) is 7.38. The first-order chi connectivity index (χ1) is 12.6. The summed E-state index contributed by atoms with van der Waals surface area (Å²) in [4.78, 5) is 31.1. The molecule has 1 amide bonds. The quantitative estimate of drug-likeness (QED) is 0.845. The molecule has 4 rings (SSSR count). The fraction of sp³-hybridized carbons (Fsp3) is 0.579. The van der Waals surface area contributed by atoms with E-state index in [1.807, 2.05) is 9.47 Å². The Bertz CT molecular complexity index is 827. The smallest absolute Gasteiger partial charge is 0.339 e. The molecule has 0 N–H and O–H groups in total. The monoisotopic (exact) mass is 355 g/mol. The Morgan fingerprint density at radius 1 is 1.15 bits per heavy atom. The lowest BCUT2D eigenvalue weighted by Crippen LogP contribution is -2.38. The molecule has 0 radical (unpaired) electrons. The third-order valence-corrected chi connectivity index (χ3v) is 5.73. The van der Waals surface area contributed by atoms with Gasteiger partial charge < -0.3 is 4.90 Å². The van der Waals surface area contributed by atoms with Gasteiger partial charge in [0, 0.05) is 44.5 Å². The number of hydrogen-bond acceptors (Lipinski definition) is 4. The first-order valence-electron chi connectivity index (χ1n) is 9.50. The Labute approximate surface area is 152 Å². The summed E-state index contributed by atoms with van der Waals surface area (Å²) in [6, 6.07) is 3.88. The maximum atomic E-state index is 12.6. The maximum absolute atomic E-state index is 12.6. The standard InChI is InChI=1S/C19H25N5O2/c1-22-19(26)24(16-6-2-3-7-16)17(21-22)14-8-11-23(12-9-14)18(25)15-5-4-10-20-13-15/h4-5,10,13-14,16H,2-3,6-9,11-12H2,1H3. The van der Waals surface area contributed by atoms with Gasteiger partial charge in [-0.3, -0.25) is 14.3 Å². The van der Waals surface area contributed by atoms with E-state index in [-0.39, 0.29) is 17.5 Å². The minimum Gasteiger partial charge on any atom is -0.339 e. The first kappa shape index (κ1) is 17.0. The topological polar surface area (TPSA) is 73.0 Å². The summed E-state index contributed by atoms with van der Waals surface area (Å²) >= 11 is 0. The Balaban J connectivity index is 1.49. The van der Waals surface area contributed by atoms with Crippen molar-refractivity contribution in [1.82, 2.24) is 24.2 Å². The SMILES string of the molecule is Cn1nc(C2CCN(C(=O)c3cccnc3)CC2)n(C2CCCC2)c1=O. The second kappa shape index (κ2) is 7.05. The van der Waals surface area contributed by atoms with Crippen molar-refractivity contribution in [2.75, 3.05) is 13.1 Å². The van der Waals surface area contributed by atoms with Crippen LogP contribution in [0.15, 0.2) is 29.3 Å². The van der Waals surface area contributed by atoms with E-state index < -0.39 is 0 Å². The predicted octanol–water partition coefficient (Wildman–Crippen LogP) is 2.11. The van der Waals surface area contributed by atoms with Crippen LogP contribution >= 0.6 is 0 Å². The third-order valence-electron chi connectivity index (χ3n) is 5.73. The van der Waals surface area contributed by atoms with Gasteiger partial charge in [-0.2, -0.15) is 5.10 Å². The fourth-order valence-corrected chi connectivity index (χ4v) is 4.30. The zero-order valence-corrected chi connectivity index (χ0v) is 15.2. The van der Waals surface area contributed by atoms with Crippen LogP contribution < -0.4 is 5.69 Å². The van der Waals surface area contributed by atoms with Crippen LogP contribution in [0.4, 0.5) is 0 Å². The zero-order valence-electron chi connectivity index (χ0n) is 15.2. The van der Waals surface area contributed by atoms with Crippen molar-refractivity contribution in [1.29, 1.82) is 0 Å². The van der Waals surface area contributed by atoms with E-state index in [9.17, 15) is 9.59 Å². The fourth-order valence-electron chi connectivity index (χ4n) is 4.30. The highest BCUT2D eigenvalue weighted by atomic mass is 16.2. The number of aryl methyl sites for hydroxylation is 1. The molecule has 2 fully saturated rings. The Morgan fingerprint density at radius 3 is 2.54 bits per heavy atom. The number of aromatic nitrogens is 4. The minimum absolute atomic E-state index is 0.000709. The molecule has 7 heteroatoms. The van der Waals surface area contributed by atoms with E-state index in [1.54, 1.807) is 31.6 Å². The van der Waals surface area contributed by atoms with Crippen LogP contribution in [0.1, 0.15) is 66.7 Å². The summed E-state index contributed by atoms with van der Waals surface area (Å²) in [6.07, 6.45) is 9.47. The van der Waals surface area contributed by atoms with Gasteiger partial charge in [-0.15, -0.1) is 0 Å².